The van der Waals surface area contributed by atoms with Crippen LogP contribution in [0.4, 0.5) is 0 Å². The molecule has 0 spiro atoms. The predicted octanol–water partition coefficient (Wildman–Crippen LogP) is 5.99. The van der Waals surface area contributed by atoms with Gasteiger partial charge in [-0.3, -0.25) is 0 Å². The Balaban J connectivity index is 1.86. The third kappa shape index (κ3) is 3.29. The highest BCUT2D eigenvalue weighted by Crippen LogP contribution is 2.31. The summed E-state index contributed by atoms with van der Waals surface area (Å²) in [6.45, 7) is 2.24. The highest BCUT2D eigenvalue weighted by atomic mass is 35.5. The molecule has 1 aromatic carbocycles. The van der Waals surface area contributed by atoms with E-state index in [0.717, 1.165) is 28.2 Å². The number of unbranched alkanes of at least 4 members (excludes halogenated alkanes) is 5. The molecular formula is C16H21ClO. The smallest absolute Gasteiger partial charge is 0.135 e. The molecule has 0 N–H and O–H groups in total. The van der Waals surface area contributed by atoms with Gasteiger partial charge in [0.05, 0.1) is 5.02 Å². The lowest BCUT2D eigenvalue weighted by Crippen LogP contribution is -1.84. The largest absolute Gasteiger partial charge is 0.459 e. The second-order valence-electron chi connectivity index (χ2n) is 4.85. The molecule has 0 unspecified atom stereocenters. The molecule has 18 heavy (non-hydrogen) atoms. The van der Waals surface area contributed by atoms with Crippen LogP contribution in [0.3, 0.4) is 0 Å². The van der Waals surface area contributed by atoms with Crippen molar-refractivity contribution < 1.29 is 4.42 Å². The standard InChI is InChI=1S/C16H21ClO/c1-2-3-4-5-6-7-12-15-16(17)13-10-8-9-11-14(13)18-15/h8-11H,2-7,12H2,1H3. The zero-order chi connectivity index (χ0) is 12.8. The van der Waals surface area contributed by atoms with Crippen molar-refractivity contribution >= 4 is 22.6 Å². The highest BCUT2D eigenvalue weighted by Gasteiger charge is 2.10. The number of hydrogen-bond acceptors (Lipinski definition) is 1. The van der Waals surface area contributed by atoms with E-state index in [9.17, 15) is 0 Å². The fraction of sp³-hybridized carbons (Fsp3) is 0.500. The van der Waals surface area contributed by atoms with Crippen molar-refractivity contribution in [1.29, 1.82) is 0 Å². The van der Waals surface area contributed by atoms with E-state index in [1.165, 1.54) is 38.5 Å². The molecular weight excluding hydrogens is 244 g/mol. The van der Waals surface area contributed by atoms with Crippen LogP contribution in [-0.2, 0) is 6.42 Å². The quantitative estimate of drug-likeness (QED) is 0.560. The van der Waals surface area contributed by atoms with E-state index < -0.39 is 0 Å². The third-order valence-corrected chi connectivity index (χ3v) is 3.77. The predicted molar refractivity (Wildman–Crippen MR) is 78.3 cm³/mol. The van der Waals surface area contributed by atoms with E-state index in [0.29, 0.717) is 0 Å². The van der Waals surface area contributed by atoms with Gasteiger partial charge in [-0.05, 0) is 18.6 Å². The van der Waals surface area contributed by atoms with Gasteiger partial charge < -0.3 is 4.42 Å². The molecule has 0 fully saturated rings. The Morgan fingerprint density at radius 1 is 1.00 bits per heavy atom. The van der Waals surface area contributed by atoms with Crippen LogP contribution in [0.1, 0.15) is 51.2 Å². The van der Waals surface area contributed by atoms with Crippen molar-refractivity contribution in [2.75, 3.05) is 0 Å². The van der Waals surface area contributed by atoms with Gasteiger partial charge in [-0.1, -0.05) is 62.8 Å². The van der Waals surface area contributed by atoms with Crippen LogP contribution >= 0.6 is 11.6 Å². The molecule has 2 aromatic rings. The monoisotopic (exact) mass is 264 g/mol. The molecule has 0 atom stereocenters. The topological polar surface area (TPSA) is 13.1 Å². The number of fused-ring (bicyclic) bond motifs is 1. The van der Waals surface area contributed by atoms with Gasteiger partial charge in [0.2, 0.25) is 0 Å². The van der Waals surface area contributed by atoms with E-state index in [2.05, 4.69) is 6.92 Å². The average molecular weight is 265 g/mol. The zero-order valence-electron chi connectivity index (χ0n) is 11.0. The fourth-order valence-electron chi connectivity index (χ4n) is 2.29. The van der Waals surface area contributed by atoms with Gasteiger partial charge in [-0.15, -0.1) is 0 Å². The van der Waals surface area contributed by atoms with Gasteiger partial charge in [-0.2, -0.15) is 0 Å². The van der Waals surface area contributed by atoms with E-state index in [4.69, 9.17) is 16.0 Å². The number of rotatable bonds is 7. The van der Waals surface area contributed by atoms with Crippen LogP contribution < -0.4 is 0 Å². The first-order chi connectivity index (χ1) is 8.83. The van der Waals surface area contributed by atoms with Gasteiger partial charge >= 0.3 is 0 Å². The molecule has 2 rings (SSSR count). The summed E-state index contributed by atoms with van der Waals surface area (Å²) in [7, 11) is 0. The fourth-order valence-corrected chi connectivity index (χ4v) is 2.58. The summed E-state index contributed by atoms with van der Waals surface area (Å²) in [6.07, 6.45) is 8.73. The second kappa shape index (κ2) is 6.84. The molecule has 98 valence electrons. The first-order valence-electron chi connectivity index (χ1n) is 6.99. The number of hydrogen-bond donors (Lipinski definition) is 0. The molecule has 0 saturated carbocycles. The Labute approximate surface area is 114 Å². The van der Waals surface area contributed by atoms with Crippen molar-refractivity contribution in [3.05, 3.63) is 35.0 Å². The summed E-state index contributed by atoms with van der Waals surface area (Å²) < 4.78 is 5.79. The van der Waals surface area contributed by atoms with Gasteiger partial charge in [0.15, 0.2) is 0 Å². The Hall–Kier alpha value is -0.950. The van der Waals surface area contributed by atoms with E-state index in [-0.39, 0.29) is 0 Å². The summed E-state index contributed by atoms with van der Waals surface area (Å²) in [5.74, 6) is 0.952. The van der Waals surface area contributed by atoms with Crippen LogP contribution in [0.2, 0.25) is 5.02 Å². The lowest BCUT2D eigenvalue weighted by Gasteiger charge is -1.99. The number of aryl methyl sites for hydroxylation is 1. The summed E-state index contributed by atoms with van der Waals surface area (Å²) in [6, 6.07) is 7.98. The Morgan fingerprint density at radius 2 is 1.72 bits per heavy atom. The van der Waals surface area contributed by atoms with Crippen LogP contribution in [0.15, 0.2) is 28.7 Å². The number of benzene rings is 1. The molecule has 0 aliphatic carbocycles. The molecule has 0 saturated heterocycles. The second-order valence-corrected chi connectivity index (χ2v) is 5.23. The molecule has 2 heteroatoms. The SMILES string of the molecule is CCCCCCCCc1oc2ccccc2c1Cl. The number of para-hydroxylation sites is 1. The first-order valence-corrected chi connectivity index (χ1v) is 7.36. The number of halogens is 1. The minimum atomic E-state index is 0.805. The van der Waals surface area contributed by atoms with E-state index >= 15 is 0 Å². The van der Waals surface area contributed by atoms with Crippen molar-refractivity contribution in [3.8, 4) is 0 Å². The van der Waals surface area contributed by atoms with Gasteiger partial charge in [-0.25, -0.2) is 0 Å². The lowest BCUT2D eigenvalue weighted by molar-refractivity contribution is 0.522. The summed E-state index contributed by atoms with van der Waals surface area (Å²) in [5, 5.41) is 1.85. The molecule has 0 amide bonds. The molecule has 0 bridgehead atoms. The Morgan fingerprint density at radius 3 is 2.50 bits per heavy atom. The van der Waals surface area contributed by atoms with Crippen molar-refractivity contribution in [2.45, 2.75) is 51.9 Å². The first kappa shape index (κ1) is 13.5. The van der Waals surface area contributed by atoms with Gasteiger partial charge in [0.25, 0.3) is 0 Å². The minimum Gasteiger partial charge on any atom is -0.459 e. The maximum absolute atomic E-state index is 6.33. The normalized spacial score (nSPS) is 11.2. The van der Waals surface area contributed by atoms with Crippen LogP contribution in [0, 0.1) is 0 Å². The molecule has 0 aliphatic heterocycles. The summed E-state index contributed by atoms with van der Waals surface area (Å²) in [5.41, 5.74) is 0.906. The van der Waals surface area contributed by atoms with Crippen LogP contribution in [0.25, 0.3) is 11.0 Å². The van der Waals surface area contributed by atoms with Crippen molar-refractivity contribution in [1.82, 2.24) is 0 Å². The zero-order valence-corrected chi connectivity index (χ0v) is 11.8. The van der Waals surface area contributed by atoms with Gasteiger partial charge in [0, 0.05) is 11.8 Å². The van der Waals surface area contributed by atoms with E-state index in [1.54, 1.807) is 0 Å². The Bertz CT molecular complexity index is 487. The average Bonchev–Trinajstić information content (AvgIpc) is 2.71. The van der Waals surface area contributed by atoms with Crippen molar-refractivity contribution in [2.24, 2.45) is 0 Å². The maximum atomic E-state index is 6.33. The summed E-state index contributed by atoms with van der Waals surface area (Å²) in [4.78, 5) is 0. The van der Waals surface area contributed by atoms with Gasteiger partial charge in [0.1, 0.15) is 11.3 Å². The third-order valence-electron chi connectivity index (χ3n) is 3.36. The maximum Gasteiger partial charge on any atom is 0.135 e. The summed E-state index contributed by atoms with van der Waals surface area (Å²) >= 11 is 6.33. The highest BCUT2D eigenvalue weighted by molar-refractivity contribution is 6.36. The minimum absolute atomic E-state index is 0.805. The van der Waals surface area contributed by atoms with Crippen LogP contribution in [0.5, 0.6) is 0 Å². The Kier molecular flexibility index (Phi) is 5.12. The molecule has 1 heterocycles. The molecule has 1 nitrogen and oxygen atoms in total. The molecule has 1 aromatic heterocycles. The molecule has 0 radical (unpaired) electrons. The van der Waals surface area contributed by atoms with Crippen LogP contribution in [-0.4, -0.2) is 0 Å². The number of furan rings is 1. The molecule has 0 aliphatic rings. The van der Waals surface area contributed by atoms with E-state index in [1.807, 2.05) is 24.3 Å². The lowest BCUT2D eigenvalue weighted by atomic mass is 10.1. The van der Waals surface area contributed by atoms with Crippen molar-refractivity contribution in [3.63, 3.8) is 0 Å².